The van der Waals surface area contributed by atoms with Crippen LogP contribution >= 0.6 is 0 Å². The van der Waals surface area contributed by atoms with Gasteiger partial charge < -0.3 is 14.6 Å². The maximum atomic E-state index is 12.6. The van der Waals surface area contributed by atoms with Gasteiger partial charge in [-0.1, -0.05) is 54.6 Å². The molecule has 3 rings (SSSR count). The highest BCUT2D eigenvalue weighted by atomic mass is 16.3. The number of rotatable bonds is 7. The van der Waals surface area contributed by atoms with E-state index in [9.17, 15) is 4.79 Å². The van der Waals surface area contributed by atoms with E-state index in [2.05, 4.69) is 29.6 Å². The van der Waals surface area contributed by atoms with E-state index in [1.165, 1.54) is 0 Å². The normalized spacial score (nSPS) is 11.8. The Balaban J connectivity index is 1.58. The van der Waals surface area contributed by atoms with Gasteiger partial charge in [-0.25, -0.2) is 4.79 Å². The number of carbonyl (C=O) groups is 1. The second kappa shape index (κ2) is 9.08. The van der Waals surface area contributed by atoms with Crippen molar-refractivity contribution >= 4 is 6.03 Å². The minimum atomic E-state index is -0.0650. The first-order valence-electron chi connectivity index (χ1n) is 9.31. The van der Waals surface area contributed by atoms with Gasteiger partial charge >= 0.3 is 6.03 Å². The van der Waals surface area contributed by atoms with Crippen LogP contribution in [0, 0.1) is 0 Å². The van der Waals surface area contributed by atoms with Gasteiger partial charge in [0.05, 0.1) is 6.26 Å². The minimum Gasteiger partial charge on any atom is -0.469 e. The van der Waals surface area contributed by atoms with Gasteiger partial charge in [0.1, 0.15) is 5.76 Å². The maximum absolute atomic E-state index is 12.6. The summed E-state index contributed by atoms with van der Waals surface area (Å²) in [5.41, 5.74) is 3.45. The Bertz CT molecular complexity index is 844. The number of nitrogens with one attached hydrogen (secondary N) is 1. The van der Waals surface area contributed by atoms with E-state index in [0.29, 0.717) is 6.54 Å². The van der Waals surface area contributed by atoms with Gasteiger partial charge in [-0.05, 0) is 42.2 Å². The molecule has 1 aromatic heterocycles. The van der Waals surface area contributed by atoms with Crippen LogP contribution in [-0.4, -0.2) is 24.0 Å². The lowest BCUT2D eigenvalue weighted by molar-refractivity contribution is 0.202. The van der Waals surface area contributed by atoms with Crippen LogP contribution < -0.4 is 5.32 Å². The van der Waals surface area contributed by atoms with Crippen LogP contribution in [0.3, 0.4) is 0 Å². The van der Waals surface area contributed by atoms with Gasteiger partial charge in [-0.15, -0.1) is 0 Å². The molecular formula is C23H26N2O2. The predicted molar refractivity (Wildman–Crippen MR) is 108 cm³/mol. The van der Waals surface area contributed by atoms with E-state index in [1.807, 2.05) is 56.4 Å². The zero-order valence-electron chi connectivity index (χ0n) is 15.9. The van der Waals surface area contributed by atoms with Crippen molar-refractivity contribution in [3.8, 4) is 11.1 Å². The van der Waals surface area contributed by atoms with Gasteiger partial charge in [0.2, 0.25) is 0 Å². The molecule has 1 unspecified atom stereocenters. The highest BCUT2D eigenvalue weighted by molar-refractivity contribution is 5.75. The number of hydrogen-bond donors (Lipinski definition) is 1. The highest BCUT2D eigenvalue weighted by Crippen LogP contribution is 2.24. The number of furan rings is 1. The Morgan fingerprint density at radius 2 is 1.78 bits per heavy atom. The maximum Gasteiger partial charge on any atom is 0.317 e. The molecular weight excluding hydrogens is 336 g/mol. The fourth-order valence-electron chi connectivity index (χ4n) is 3.09. The van der Waals surface area contributed by atoms with Crippen molar-refractivity contribution in [1.29, 1.82) is 0 Å². The number of hydrogen-bond acceptors (Lipinski definition) is 2. The van der Waals surface area contributed by atoms with Gasteiger partial charge in [-0.2, -0.15) is 0 Å². The van der Waals surface area contributed by atoms with E-state index in [-0.39, 0.29) is 12.1 Å². The third-order valence-electron chi connectivity index (χ3n) is 4.63. The molecule has 2 amide bonds. The van der Waals surface area contributed by atoms with Crippen molar-refractivity contribution in [2.24, 2.45) is 0 Å². The van der Waals surface area contributed by atoms with E-state index in [0.717, 1.165) is 35.3 Å². The summed E-state index contributed by atoms with van der Waals surface area (Å²) in [6, 6.07) is 22.3. The van der Waals surface area contributed by atoms with Crippen molar-refractivity contribution in [2.45, 2.75) is 32.4 Å². The smallest absolute Gasteiger partial charge is 0.317 e. The molecule has 0 aliphatic rings. The SMILES string of the molecule is CC(CCc1ccco1)NC(=O)N(C)Cc1ccccc1-c1ccccc1. The third kappa shape index (κ3) is 5.23. The quantitative estimate of drug-likeness (QED) is 0.635. The number of aryl methyl sites for hydroxylation is 1. The van der Waals surface area contributed by atoms with Crippen molar-refractivity contribution in [3.05, 3.63) is 84.3 Å². The van der Waals surface area contributed by atoms with Crippen molar-refractivity contribution < 1.29 is 9.21 Å². The average Bonchev–Trinajstić information content (AvgIpc) is 3.21. The monoisotopic (exact) mass is 362 g/mol. The summed E-state index contributed by atoms with van der Waals surface area (Å²) in [6.07, 6.45) is 3.33. The van der Waals surface area contributed by atoms with Crippen molar-refractivity contribution in [3.63, 3.8) is 0 Å². The zero-order chi connectivity index (χ0) is 19.1. The molecule has 3 aromatic rings. The highest BCUT2D eigenvalue weighted by Gasteiger charge is 2.14. The summed E-state index contributed by atoms with van der Waals surface area (Å²) >= 11 is 0. The summed E-state index contributed by atoms with van der Waals surface area (Å²) in [7, 11) is 1.83. The molecule has 0 saturated carbocycles. The summed E-state index contributed by atoms with van der Waals surface area (Å²) < 4.78 is 5.35. The molecule has 1 N–H and O–H groups in total. The van der Waals surface area contributed by atoms with Crippen LogP contribution in [-0.2, 0) is 13.0 Å². The van der Waals surface area contributed by atoms with Gasteiger partial charge in [0.15, 0.2) is 0 Å². The molecule has 140 valence electrons. The molecule has 0 radical (unpaired) electrons. The molecule has 0 aliphatic heterocycles. The molecule has 1 heterocycles. The average molecular weight is 362 g/mol. The van der Waals surface area contributed by atoms with Crippen LogP contribution in [0.5, 0.6) is 0 Å². The van der Waals surface area contributed by atoms with E-state index in [4.69, 9.17) is 4.42 Å². The van der Waals surface area contributed by atoms with Crippen LogP contribution in [0.25, 0.3) is 11.1 Å². The van der Waals surface area contributed by atoms with E-state index < -0.39 is 0 Å². The number of carbonyl (C=O) groups excluding carboxylic acids is 1. The van der Waals surface area contributed by atoms with Crippen molar-refractivity contribution in [2.75, 3.05) is 7.05 Å². The first-order valence-corrected chi connectivity index (χ1v) is 9.31. The number of nitrogens with zero attached hydrogens (tertiary/aromatic N) is 1. The molecule has 4 nitrogen and oxygen atoms in total. The molecule has 27 heavy (non-hydrogen) atoms. The molecule has 0 spiro atoms. The van der Waals surface area contributed by atoms with E-state index in [1.54, 1.807) is 11.2 Å². The topological polar surface area (TPSA) is 45.5 Å². The standard InChI is InChI=1S/C23H26N2O2/c1-18(14-15-21-12-8-16-27-21)24-23(26)25(2)17-20-11-6-7-13-22(20)19-9-4-3-5-10-19/h3-13,16,18H,14-15,17H2,1-2H3,(H,24,26). The lowest BCUT2D eigenvalue weighted by Crippen LogP contribution is -2.41. The Kier molecular flexibility index (Phi) is 6.31. The summed E-state index contributed by atoms with van der Waals surface area (Å²) in [4.78, 5) is 14.3. The summed E-state index contributed by atoms with van der Waals surface area (Å²) in [6.45, 7) is 2.58. The van der Waals surface area contributed by atoms with Crippen LogP contribution in [0.4, 0.5) is 4.79 Å². The lowest BCUT2D eigenvalue weighted by atomic mass is 9.99. The molecule has 0 saturated heterocycles. The second-order valence-corrected chi connectivity index (χ2v) is 6.85. The van der Waals surface area contributed by atoms with Gasteiger partial charge in [-0.3, -0.25) is 0 Å². The van der Waals surface area contributed by atoms with Crippen LogP contribution in [0.2, 0.25) is 0 Å². The van der Waals surface area contributed by atoms with Crippen LogP contribution in [0.1, 0.15) is 24.7 Å². The fraction of sp³-hybridized carbons (Fsp3) is 0.261. The van der Waals surface area contributed by atoms with E-state index >= 15 is 0 Å². The van der Waals surface area contributed by atoms with Crippen LogP contribution in [0.15, 0.2) is 77.4 Å². The third-order valence-corrected chi connectivity index (χ3v) is 4.63. The molecule has 0 bridgehead atoms. The van der Waals surface area contributed by atoms with Gasteiger partial charge in [0, 0.05) is 26.1 Å². The first-order chi connectivity index (χ1) is 13.1. The molecule has 2 aromatic carbocycles. The van der Waals surface area contributed by atoms with Crippen molar-refractivity contribution in [1.82, 2.24) is 10.2 Å². The summed E-state index contributed by atoms with van der Waals surface area (Å²) in [5.74, 6) is 0.946. The number of urea groups is 1. The first kappa shape index (κ1) is 18.8. The Labute approximate surface area is 160 Å². The number of amides is 2. The zero-order valence-corrected chi connectivity index (χ0v) is 15.9. The summed E-state index contributed by atoms with van der Waals surface area (Å²) in [5, 5.41) is 3.07. The Morgan fingerprint density at radius 1 is 1.04 bits per heavy atom. The Morgan fingerprint density at radius 3 is 2.52 bits per heavy atom. The minimum absolute atomic E-state index is 0.0650. The number of benzene rings is 2. The van der Waals surface area contributed by atoms with Gasteiger partial charge in [0.25, 0.3) is 0 Å². The molecule has 0 aliphatic carbocycles. The fourth-order valence-corrected chi connectivity index (χ4v) is 3.09. The lowest BCUT2D eigenvalue weighted by Gasteiger charge is -2.22. The largest absolute Gasteiger partial charge is 0.469 e. The predicted octanol–water partition coefficient (Wildman–Crippen LogP) is 5.11. The second-order valence-electron chi connectivity index (χ2n) is 6.85. The molecule has 0 fully saturated rings. The molecule has 1 atom stereocenters. The Hall–Kier alpha value is -3.01. The molecule has 4 heteroatoms.